The normalized spacial score (nSPS) is 10.3. The number of amides is 1. The zero-order valence-corrected chi connectivity index (χ0v) is 13.1. The molecule has 6 nitrogen and oxygen atoms in total. The summed E-state index contributed by atoms with van der Waals surface area (Å²) in [6, 6.07) is 17.1. The SMILES string of the molecule is O=C(NCCc1ccccc1)c1ccc(NCc2ccco2)nn1. The van der Waals surface area contributed by atoms with Gasteiger partial charge in [0, 0.05) is 6.54 Å². The number of nitrogens with zero attached hydrogens (tertiary/aromatic N) is 2. The third kappa shape index (κ3) is 4.42. The van der Waals surface area contributed by atoms with Crippen LogP contribution in [0.3, 0.4) is 0 Å². The molecule has 0 saturated carbocycles. The number of benzene rings is 1. The van der Waals surface area contributed by atoms with Crippen LogP contribution in [0.5, 0.6) is 0 Å². The van der Waals surface area contributed by atoms with E-state index in [-0.39, 0.29) is 5.91 Å². The Morgan fingerprint density at radius 2 is 1.88 bits per heavy atom. The molecule has 24 heavy (non-hydrogen) atoms. The average molecular weight is 322 g/mol. The fourth-order valence-electron chi connectivity index (χ4n) is 2.19. The lowest BCUT2D eigenvalue weighted by molar-refractivity contribution is 0.0948. The van der Waals surface area contributed by atoms with E-state index < -0.39 is 0 Å². The standard InChI is InChI=1S/C18H18N4O2/c23-18(19-11-10-14-5-2-1-3-6-14)16-8-9-17(22-21-16)20-13-15-7-4-12-24-15/h1-9,12H,10-11,13H2,(H,19,23)(H,20,22). The number of anilines is 1. The van der Waals surface area contributed by atoms with Crippen molar-refractivity contribution in [1.29, 1.82) is 0 Å². The molecule has 0 spiro atoms. The smallest absolute Gasteiger partial charge is 0.271 e. The van der Waals surface area contributed by atoms with Crippen molar-refractivity contribution < 1.29 is 9.21 Å². The summed E-state index contributed by atoms with van der Waals surface area (Å²) >= 11 is 0. The molecule has 0 aliphatic heterocycles. The molecule has 0 fully saturated rings. The van der Waals surface area contributed by atoms with Crippen LogP contribution in [0.1, 0.15) is 21.8 Å². The molecular weight excluding hydrogens is 304 g/mol. The van der Waals surface area contributed by atoms with Crippen LogP contribution in [0.4, 0.5) is 5.82 Å². The second-order valence-corrected chi connectivity index (χ2v) is 5.23. The van der Waals surface area contributed by atoms with Gasteiger partial charge in [0.2, 0.25) is 0 Å². The van der Waals surface area contributed by atoms with Gasteiger partial charge in [0.25, 0.3) is 5.91 Å². The monoisotopic (exact) mass is 322 g/mol. The second kappa shape index (κ2) is 7.92. The fraction of sp³-hybridized carbons (Fsp3) is 0.167. The second-order valence-electron chi connectivity index (χ2n) is 5.23. The largest absolute Gasteiger partial charge is 0.467 e. The molecular formula is C18H18N4O2. The van der Waals surface area contributed by atoms with Crippen LogP contribution in [0, 0.1) is 0 Å². The maximum absolute atomic E-state index is 12.0. The van der Waals surface area contributed by atoms with Crippen molar-refractivity contribution in [2.75, 3.05) is 11.9 Å². The molecule has 3 aromatic rings. The predicted molar refractivity (Wildman–Crippen MR) is 90.5 cm³/mol. The van der Waals surface area contributed by atoms with Gasteiger partial charge in [-0.3, -0.25) is 4.79 Å². The van der Waals surface area contributed by atoms with Crippen LogP contribution in [0.2, 0.25) is 0 Å². The first-order valence-electron chi connectivity index (χ1n) is 7.73. The summed E-state index contributed by atoms with van der Waals surface area (Å²) in [5, 5.41) is 13.9. The van der Waals surface area contributed by atoms with Crippen LogP contribution >= 0.6 is 0 Å². The Kier molecular flexibility index (Phi) is 5.19. The lowest BCUT2D eigenvalue weighted by Crippen LogP contribution is -2.26. The molecule has 0 bridgehead atoms. The molecule has 2 heterocycles. The zero-order chi connectivity index (χ0) is 16.6. The molecule has 0 aliphatic rings. The first-order valence-corrected chi connectivity index (χ1v) is 7.73. The van der Waals surface area contributed by atoms with Crippen molar-refractivity contribution in [3.63, 3.8) is 0 Å². The van der Waals surface area contributed by atoms with Gasteiger partial charge in [-0.05, 0) is 36.2 Å². The van der Waals surface area contributed by atoms with E-state index in [1.54, 1.807) is 18.4 Å². The van der Waals surface area contributed by atoms with Gasteiger partial charge < -0.3 is 15.1 Å². The maximum Gasteiger partial charge on any atom is 0.271 e. The maximum atomic E-state index is 12.0. The number of hydrogen-bond acceptors (Lipinski definition) is 5. The van der Waals surface area contributed by atoms with Crippen LogP contribution in [0.15, 0.2) is 65.3 Å². The lowest BCUT2D eigenvalue weighted by Gasteiger charge is -2.06. The van der Waals surface area contributed by atoms with Crippen LogP contribution in [0.25, 0.3) is 0 Å². The first-order chi connectivity index (χ1) is 11.8. The molecule has 0 aliphatic carbocycles. The van der Waals surface area contributed by atoms with Gasteiger partial charge in [-0.25, -0.2) is 0 Å². The van der Waals surface area contributed by atoms with Gasteiger partial charge in [-0.2, -0.15) is 0 Å². The summed E-state index contributed by atoms with van der Waals surface area (Å²) in [5.74, 6) is 1.17. The van der Waals surface area contributed by atoms with E-state index in [1.807, 2.05) is 42.5 Å². The molecule has 3 rings (SSSR count). The van der Waals surface area contributed by atoms with E-state index in [0.29, 0.717) is 24.6 Å². The van der Waals surface area contributed by atoms with Gasteiger partial charge in [-0.15, -0.1) is 10.2 Å². The number of hydrogen-bond donors (Lipinski definition) is 2. The van der Waals surface area contributed by atoms with Crippen molar-refractivity contribution in [3.05, 3.63) is 77.9 Å². The number of rotatable bonds is 7. The molecule has 0 atom stereocenters. The molecule has 2 N–H and O–H groups in total. The highest BCUT2D eigenvalue weighted by Gasteiger charge is 2.07. The Balaban J connectivity index is 1.46. The van der Waals surface area contributed by atoms with E-state index in [4.69, 9.17) is 4.42 Å². The Morgan fingerprint density at radius 1 is 1.00 bits per heavy atom. The molecule has 1 amide bonds. The van der Waals surface area contributed by atoms with Gasteiger partial charge in [0.1, 0.15) is 11.6 Å². The highest BCUT2D eigenvalue weighted by molar-refractivity contribution is 5.92. The summed E-state index contributed by atoms with van der Waals surface area (Å²) < 4.78 is 5.22. The number of carbonyl (C=O) groups excluding carboxylic acids is 1. The Labute approximate surface area is 139 Å². The van der Waals surface area contributed by atoms with Crippen molar-refractivity contribution in [3.8, 4) is 0 Å². The summed E-state index contributed by atoms with van der Waals surface area (Å²) in [6.07, 6.45) is 2.40. The quantitative estimate of drug-likeness (QED) is 0.699. The van der Waals surface area contributed by atoms with Gasteiger partial charge in [0.05, 0.1) is 12.8 Å². The Hall–Kier alpha value is -3.15. The predicted octanol–water partition coefficient (Wildman–Crippen LogP) is 2.65. The molecule has 2 aromatic heterocycles. The van der Waals surface area contributed by atoms with Crippen LogP contribution in [-0.2, 0) is 13.0 Å². The third-order valence-corrected chi connectivity index (χ3v) is 3.46. The van der Waals surface area contributed by atoms with E-state index in [0.717, 1.165) is 12.2 Å². The lowest BCUT2D eigenvalue weighted by atomic mass is 10.1. The summed E-state index contributed by atoms with van der Waals surface area (Å²) in [6.45, 7) is 1.08. The number of carbonyl (C=O) groups is 1. The first kappa shape index (κ1) is 15.7. The van der Waals surface area contributed by atoms with Crippen molar-refractivity contribution in [2.24, 2.45) is 0 Å². The summed E-state index contributed by atoms with van der Waals surface area (Å²) in [7, 11) is 0. The number of aromatic nitrogens is 2. The van der Waals surface area contributed by atoms with E-state index in [2.05, 4.69) is 20.8 Å². The van der Waals surface area contributed by atoms with Crippen molar-refractivity contribution in [1.82, 2.24) is 15.5 Å². The minimum Gasteiger partial charge on any atom is -0.467 e. The molecule has 122 valence electrons. The van der Waals surface area contributed by atoms with Crippen LogP contribution < -0.4 is 10.6 Å². The number of furan rings is 1. The molecule has 6 heteroatoms. The van der Waals surface area contributed by atoms with E-state index in [1.165, 1.54) is 5.56 Å². The molecule has 0 radical (unpaired) electrons. The fourth-order valence-corrected chi connectivity index (χ4v) is 2.19. The van der Waals surface area contributed by atoms with Gasteiger partial charge >= 0.3 is 0 Å². The highest BCUT2D eigenvalue weighted by Crippen LogP contribution is 2.06. The summed E-state index contributed by atoms with van der Waals surface area (Å²) in [5.41, 5.74) is 1.48. The average Bonchev–Trinajstić information content (AvgIpc) is 3.15. The Morgan fingerprint density at radius 3 is 2.58 bits per heavy atom. The summed E-state index contributed by atoms with van der Waals surface area (Å²) in [4.78, 5) is 12.0. The van der Waals surface area contributed by atoms with Gasteiger partial charge in [0.15, 0.2) is 5.69 Å². The van der Waals surface area contributed by atoms with E-state index in [9.17, 15) is 4.79 Å². The van der Waals surface area contributed by atoms with Crippen LogP contribution in [-0.4, -0.2) is 22.6 Å². The highest BCUT2D eigenvalue weighted by atomic mass is 16.3. The topological polar surface area (TPSA) is 80.0 Å². The van der Waals surface area contributed by atoms with Crippen molar-refractivity contribution in [2.45, 2.75) is 13.0 Å². The van der Waals surface area contributed by atoms with E-state index >= 15 is 0 Å². The molecule has 1 aromatic carbocycles. The molecule has 0 unspecified atom stereocenters. The Bertz CT molecular complexity index is 755. The minimum absolute atomic E-state index is 0.226. The molecule has 0 saturated heterocycles. The third-order valence-electron chi connectivity index (χ3n) is 3.46. The van der Waals surface area contributed by atoms with Crippen molar-refractivity contribution >= 4 is 11.7 Å². The number of nitrogens with one attached hydrogen (secondary N) is 2. The zero-order valence-electron chi connectivity index (χ0n) is 13.1. The minimum atomic E-state index is -0.226. The van der Waals surface area contributed by atoms with Gasteiger partial charge in [-0.1, -0.05) is 30.3 Å².